The molecule has 12 heavy (non-hydrogen) atoms. The van der Waals surface area contributed by atoms with E-state index in [1.54, 1.807) is 0 Å². The summed E-state index contributed by atoms with van der Waals surface area (Å²) in [6.07, 6.45) is 2.53. The molecular formula is C10H22BrN. The fourth-order valence-electron chi connectivity index (χ4n) is 1.72. The maximum absolute atomic E-state index is 3.50. The third-order valence-corrected chi connectivity index (χ3v) is 2.77. The van der Waals surface area contributed by atoms with Crippen LogP contribution in [0.4, 0.5) is 0 Å². The summed E-state index contributed by atoms with van der Waals surface area (Å²) in [6.45, 7) is 10.3. The van der Waals surface area contributed by atoms with E-state index in [2.05, 4.69) is 48.5 Å². The van der Waals surface area contributed by atoms with E-state index in [1.807, 2.05) is 0 Å². The van der Waals surface area contributed by atoms with Gasteiger partial charge in [-0.3, -0.25) is 4.90 Å². The van der Waals surface area contributed by atoms with E-state index in [0.29, 0.717) is 6.04 Å². The zero-order valence-corrected chi connectivity index (χ0v) is 10.4. The Morgan fingerprint density at radius 2 is 1.67 bits per heavy atom. The molecule has 0 aromatic carbocycles. The maximum Gasteiger partial charge on any atom is 0.0159 e. The summed E-state index contributed by atoms with van der Waals surface area (Å²) < 4.78 is 0. The lowest BCUT2D eigenvalue weighted by atomic mass is 10.1. The standard InChI is InChI=1S/C10H22BrN/c1-5-10(6-2)12(8-7-11)9(3)4/h9-10H,5-8H2,1-4H3. The van der Waals surface area contributed by atoms with Crippen molar-refractivity contribution in [2.45, 2.75) is 52.6 Å². The van der Waals surface area contributed by atoms with Crippen molar-refractivity contribution < 1.29 is 0 Å². The Labute approximate surface area is 85.7 Å². The monoisotopic (exact) mass is 235 g/mol. The van der Waals surface area contributed by atoms with Gasteiger partial charge in [-0.2, -0.15) is 0 Å². The lowest BCUT2D eigenvalue weighted by Gasteiger charge is -2.33. The van der Waals surface area contributed by atoms with Gasteiger partial charge in [-0.05, 0) is 26.7 Å². The third-order valence-electron chi connectivity index (χ3n) is 2.42. The van der Waals surface area contributed by atoms with Gasteiger partial charge in [0.2, 0.25) is 0 Å². The normalized spacial score (nSPS) is 12.0. The first-order valence-electron chi connectivity index (χ1n) is 4.99. The van der Waals surface area contributed by atoms with Crippen molar-refractivity contribution in [2.75, 3.05) is 11.9 Å². The molecule has 74 valence electrons. The minimum absolute atomic E-state index is 0.674. The first-order chi connectivity index (χ1) is 5.67. The van der Waals surface area contributed by atoms with Crippen LogP contribution in [0.5, 0.6) is 0 Å². The van der Waals surface area contributed by atoms with Gasteiger partial charge in [0.15, 0.2) is 0 Å². The molecule has 0 amide bonds. The van der Waals surface area contributed by atoms with Gasteiger partial charge in [-0.25, -0.2) is 0 Å². The summed E-state index contributed by atoms with van der Waals surface area (Å²) in [7, 11) is 0. The van der Waals surface area contributed by atoms with Crippen molar-refractivity contribution in [3.8, 4) is 0 Å². The molecule has 0 saturated heterocycles. The van der Waals surface area contributed by atoms with E-state index in [1.165, 1.54) is 19.4 Å². The number of rotatable bonds is 6. The van der Waals surface area contributed by atoms with Gasteiger partial charge in [0, 0.05) is 24.0 Å². The predicted octanol–water partition coefficient (Wildman–Crippen LogP) is 3.28. The average Bonchev–Trinajstić information content (AvgIpc) is 2.05. The molecule has 0 heterocycles. The molecule has 1 nitrogen and oxygen atoms in total. The summed E-state index contributed by atoms with van der Waals surface area (Å²) >= 11 is 3.50. The molecule has 0 aromatic rings. The van der Waals surface area contributed by atoms with Crippen molar-refractivity contribution in [2.24, 2.45) is 0 Å². The summed E-state index contributed by atoms with van der Waals surface area (Å²) in [5.74, 6) is 0. The number of halogens is 1. The first kappa shape index (κ1) is 12.4. The summed E-state index contributed by atoms with van der Waals surface area (Å²) in [6, 6.07) is 1.44. The van der Waals surface area contributed by atoms with Crippen LogP contribution >= 0.6 is 15.9 Å². The van der Waals surface area contributed by atoms with E-state index in [9.17, 15) is 0 Å². The van der Waals surface area contributed by atoms with E-state index < -0.39 is 0 Å². The molecule has 0 aliphatic rings. The molecule has 0 unspecified atom stereocenters. The van der Waals surface area contributed by atoms with E-state index in [-0.39, 0.29) is 0 Å². The molecule has 0 aliphatic carbocycles. The molecule has 0 fully saturated rings. The molecule has 0 rings (SSSR count). The highest BCUT2D eigenvalue weighted by Crippen LogP contribution is 2.12. The van der Waals surface area contributed by atoms with Crippen LogP contribution in [0, 0.1) is 0 Å². The lowest BCUT2D eigenvalue weighted by Crippen LogP contribution is -2.40. The summed E-state index contributed by atoms with van der Waals surface area (Å²) in [5.41, 5.74) is 0. The van der Waals surface area contributed by atoms with Crippen LogP contribution in [0.3, 0.4) is 0 Å². The second kappa shape index (κ2) is 6.90. The van der Waals surface area contributed by atoms with E-state index in [0.717, 1.165) is 11.4 Å². The summed E-state index contributed by atoms with van der Waals surface area (Å²) in [4.78, 5) is 2.58. The smallest absolute Gasteiger partial charge is 0.0159 e. The third kappa shape index (κ3) is 3.90. The van der Waals surface area contributed by atoms with Crippen LogP contribution < -0.4 is 0 Å². The topological polar surface area (TPSA) is 3.24 Å². The molecule has 0 bridgehead atoms. The van der Waals surface area contributed by atoms with Gasteiger partial charge < -0.3 is 0 Å². The maximum atomic E-state index is 3.50. The zero-order chi connectivity index (χ0) is 9.56. The highest BCUT2D eigenvalue weighted by atomic mass is 79.9. The molecular weight excluding hydrogens is 214 g/mol. The Balaban J connectivity index is 4.05. The average molecular weight is 236 g/mol. The van der Waals surface area contributed by atoms with E-state index >= 15 is 0 Å². The Morgan fingerprint density at radius 1 is 1.17 bits per heavy atom. The molecule has 0 spiro atoms. The second-order valence-electron chi connectivity index (χ2n) is 3.49. The van der Waals surface area contributed by atoms with Crippen LogP contribution in [-0.4, -0.2) is 28.9 Å². The Morgan fingerprint density at radius 3 is 1.92 bits per heavy atom. The molecule has 0 saturated carbocycles. The van der Waals surface area contributed by atoms with Gasteiger partial charge in [0.05, 0.1) is 0 Å². The largest absolute Gasteiger partial charge is 0.297 e. The van der Waals surface area contributed by atoms with Gasteiger partial charge in [-0.15, -0.1) is 0 Å². The number of nitrogens with zero attached hydrogens (tertiary/aromatic N) is 1. The first-order valence-corrected chi connectivity index (χ1v) is 6.11. The molecule has 0 aromatic heterocycles. The lowest BCUT2D eigenvalue weighted by molar-refractivity contribution is 0.155. The van der Waals surface area contributed by atoms with Gasteiger partial charge >= 0.3 is 0 Å². The Hall–Kier alpha value is 0.440. The van der Waals surface area contributed by atoms with Crippen LogP contribution in [-0.2, 0) is 0 Å². The van der Waals surface area contributed by atoms with Crippen LogP contribution in [0.1, 0.15) is 40.5 Å². The van der Waals surface area contributed by atoms with Crippen LogP contribution in [0.25, 0.3) is 0 Å². The minimum atomic E-state index is 0.674. The fraction of sp³-hybridized carbons (Fsp3) is 1.00. The van der Waals surface area contributed by atoms with Gasteiger partial charge in [0.1, 0.15) is 0 Å². The zero-order valence-electron chi connectivity index (χ0n) is 8.81. The highest BCUT2D eigenvalue weighted by molar-refractivity contribution is 9.09. The van der Waals surface area contributed by atoms with Crippen LogP contribution in [0.15, 0.2) is 0 Å². The van der Waals surface area contributed by atoms with Crippen molar-refractivity contribution in [1.82, 2.24) is 4.90 Å². The number of hydrogen-bond acceptors (Lipinski definition) is 1. The van der Waals surface area contributed by atoms with Crippen molar-refractivity contribution >= 4 is 15.9 Å². The van der Waals surface area contributed by atoms with Crippen molar-refractivity contribution in [1.29, 1.82) is 0 Å². The predicted molar refractivity (Wildman–Crippen MR) is 60.0 cm³/mol. The summed E-state index contributed by atoms with van der Waals surface area (Å²) in [5, 5.41) is 1.08. The van der Waals surface area contributed by atoms with Crippen molar-refractivity contribution in [3.05, 3.63) is 0 Å². The molecule has 0 N–H and O–H groups in total. The highest BCUT2D eigenvalue weighted by Gasteiger charge is 2.16. The van der Waals surface area contributed by atoms with Crippen molar-refractivity contribution in [3.63, 3.8) is 0 Å². The molecule has 0 atom stereocenters. The fourth-order valence-corrected chi connectivity index (χ4v) is 2.13. The van der Waals surface area contributed by atoms with Crippen LogP contribution in [0.2, 0.25) is 0 Å². The minimum Gasteiger partial charge on any atom is -0.297 e. The molecule has 0 aliphatic heterocycles. The SMILES string of the molecule is CCC(CC)N(CCBr)C(C)C. The van der Waals surface area contributed by atoms with Gasteiger partial charge in [0.25, 0.3) is 0 Å². The number of alkyl halides is 1. The van der Waals surface area contributed by atoms with Gasteiger partial charge in [-0.1, -0.05) is 29.8 Å². The quantitative estimate of drug-likeness (QED) is 0.640. The second-order valence-corrected chi connectivity index (χ2v) is 4.28. The Bertz CT molecular complexity index is 100. The molecule has 2 heteroatoms. The number of hydrogen-bond donors (Lipinski definition) is 0. The Kier molecular flexibility index (Phi) is 7.16. The molecule has 0 radical (unpaired) electrons. The van der Waals surface area contributed by atoms with E-state index in [4.69, 9.17) is 0 Å².